The zero-order valence-electron chi connectivity index (χ0n) is 6.75. The molecule has 1 aliphatic heterocycles. The maximum atomic E-state index is 10.2. The Labute approximate surface area is 87.5 Å². The topological polar surface area (TPSA) is 118 Å². The highest BCUT2D eigenvalue weighted by Crippen LogP contribution is 2.50. The SMILES string of the molecule is NC=O.O=C(O)C=C1SC(C(=O)O)S1. The lowest BCUT2D eigenvalue weighted by Gasteiger charge is -2.22. The van der Waals surface area contributed by atoms with E-state index in [4.69, 9.17) is 15.0 Å². The summed E-state index contributed by atoms with van der Waals surface area (Å²) in [6.45, 7) is 0. The summed E-state index contributed by atoms with van der Waals surface area (Å²) in [5.74, 6) is -1.95. The van der Waals surface area contributed by atoms with Crippen molar-refractivity contribution in [3.8, 4) is 0 Å². The normalized spacial score (nSPS) is 18.3. The lowest BCUT2D eigenvalue weighted by Crippen LogP contribution is -2.18. The fourth-order valence-electron chi connectivity index (χ4n) is 0.489. The van der Waals surface area contributed by atoms with Gasteiger partial charge in [0.05, 0.1) is 4.24 Å². The van der Waals surface area contributed by atoms with E-state index in [-0.39, 0.29) is 6.41 Å². The van der Waals surface area contributed by atoms with Crippen molar-refractivity contribution in [2.45, 2.75) is 4.58 Å². The second-order valence-corrected chi connectivity index (χ2v) is 4.69. The molecule has 0 aromatic carbocycles. The molecule has 8 heteroatoms. The van der Waals surface area contributed by atoms with Gasteiger partial charge in [-0.25, -0.2) is 4.79 Å². The maximum absolute atomic E-state index is 10.2. The summed E-state index contributed by atoms with van der Waals surface area (Å²) in [4.78, 5) is 28.8. The van der Waals surface area contributed by atoms with E-state index < -0.39 is 16.5 Å². The van der Waals surface area contributed by atoms with Gasteiger partial charge in [0.1, 0.15) is 0 Å². The van der Waals surface area contributed by atoms with E-state index in [2.05, 4.69) is 5.73 Å². The van der Waals surface area contributed by atoms with Gasteiger partial charge in [-0.2, -0.15) is 0 Å². The molecule has 1 fully saturated rings. The monoisotopic (exact) mass is 237 g/mol. The van der Waals surface area contributed by atoms with Crippen molar-refractivity contribution in [2.24, 2.45) is 5.73 Å². The Morgan fingerprint density at radius 1 is 1.36 bits per heavy atom. The van der Waals surface area contributed by atoms with E-state index in [0.717, 1.165) is 29.6 Å². The van der Waals surface area contributed by atoms with Crippen LogP contribution in [-0.4, -0.2) is 33.1 Å². The van der Waals surface area contributed by atoms with Crippen LogP contribution < -0.4 is 5.73 Å². The number of hydrogen-bond donors (Lipinski definition) is 3. The molecule has 4 N–H and O–H groups in total. The number of thioether (sulfide) groups is 2. The van der Waals surface area contributed by atoms with Gasteiger partial charge >= 0.3 is 11.9 Å². The molecule has 1 saturated heterocycles. The Kier molecular flexibility index (Phi) is 5.81. The van der Waals surface area contributed by atoms with Crippen LogP contribution in [-0.2, 0) is 14.4 Å². The van der Waals surface area contributed by atoms with Crippen molar-refractivity contribution in [3.05, 3.63) is 10.3 Å². The summed E-state index contributed by atoms with van der Waals surface area (Å²) in [6, 6.07) is 0. The minimum absolute atomic E-state index is 0.250. The average molecular weight is 237 g/mol. The Bertz CT molecular complexity index is 269. The first-order valence-corrected chi connectivity index (χ1v) is 4.93. The van der Waals surface area contributed by atoms with E-state index >= 15 is 0 Å². The molecule has 0 radical (unpaired) electrons. The number of carbonyl (C=O) groups is 3. The van der Waals surface area contributed by atoms with Crippen LogP contribution in [0.15, 0.2) is 10.3 Å². The summed E-state index contributed by atoms with van der Waals surface area (Å²) in [5.41, 5.74) is 4.17. The number of hydrogen-bond acceptors (Lipinski definition) is 5. The zero-order chi connectivity index (χ0) is 11.1. The molecule has 0 unspecified atom stereocenters. The number of aliphatic carboxylic acids is 2. The van der Waals surface area contributed by atoms with Crippen molar-refractivity contribution >= 4 is 41.9 Å². The molecule has 0 atom stereocenters. The number of carboxylic acid groups (broad SMARTS) is 2. The summed E-state index contributed by atoms with van der Waals surface area (Å²) in [5, 5.41) is 16.6. The van der Waals surface area contributed by atoms with Crippen LogP contribution in [0.1, 0.15) is 0 Å². The second-order valence-electron chi connectivity index (χ2n) is 1.84. The number of carbonyl (C=O) groups excluding carboxylic acids is 1. The van der Waals surface area contributed by atoms with Gasteiger partial charge in [0.2, 0.25) is 6.41 Å². The smallest absolute Gasteiger partial charge is 0.329 e. The van der Waals surface area contributed by atoms with E-state index in [1.54, 1.807) is 0 Å². The molecule has 1 amide bonds. The van der Waals surface area contributed by atoms with Gasteiger partial charge in [0.15, 0.2) is 4.58 Å². The van der Waals surface area contributed by atoms with Gasteiger partial charge in [-0.05, 0) is 0 Å². The largest absolute Gasteiger partial charge is 0.480 e. The molecule has 1 heterocycles. The Morgan fingerprint density at radius 2 is 1.79 bits per heavy atom. The summed E-state index contributed by atoms with van der Waals surface area (Å²) < 4.78 is 0.0190. The maximum Gasteiger partial charge on any atom is 0.329 e. The van der Waals surface area contributed by atoms with Crippen LogP contribution >= 0.6 is 23.5 Å². The van der Waals surface area contributed by atoms with Crippen LogP contribution in [0.5, 0.6) is 0 Å². The van der Waals surface area contributed by atoms with Crippen molar-refractivity contribution in [1.82, 2.24) is 0 Å². The lowest BCUT2D eigenvalue weighted by atomic mass is 10.7. The van der Waals surface area contributed by atoms with E-state index in [0.29, 0.717) is 4.24 Å². The molecular formula is C6H7NO5S2. The molecular weight excluding hydrogens is 230 g/mol. The van der Waals surface area contributed by atoms with E-state index in [9.17, 15) is 9.59 Å². The van der Waals surface area contributed by atoms with Gasteiger partial charge in [-0.15, -0.1) is 0 Å². The fourth-order valence-corrected chi connectivity index (χ4v) is 2.38. The van der Waals surface area contributed by atoms with Crippen LogP contribution in [0.4, 0.5) is 0 Å². The summed E-state index contributed by atoms with van der Waals surface area (Å²) in [6.07, 6.45) is 1.26. The number of nitrogens with two attached hydrogens (primary N) is 1. The van der Waals surface area contributed by atoms with Gasteiger partial charge < -0.3 is 15.9 Å². The first-order valence-electron chi connectivity index (χ1n) is 3.17. The van der Waals surface area contributed by atoms with Gasteiger partial charge in [0.25, 0.3) is 0 Å². The van der Waals surface area contributed by atoms with Gasteiger partial charge in [-0.1, -0.05) is 23.5 Å². The Hall–Kier alpha value is -1.15. The van der Waals surface area contributed by atoms with E-state index in [1.807, 2.05) is 0 Å². The van der Waals surface area contributed by atoms with Gasteiger partial charge in [0, 0.05) is 6.08 Å². The quantitative estimate of drug-likeness (QED) is 0.453. The number of amides is 1. The van der Waals surface area contributed by atoms with Crippen molar-refractivity contribution in [3.63, 3.8) is 0 Å². The molecule has 0 aromatic heterocycles. The van der Waals surface area contributed by atoms with Crippen molar-refractivity contribution in [2.75, 3.05) is 0 Å². The predicted octanol–water partition coefficient (Wildman–Crippen LogP) is -0.0954. The third kappa shape index (κ3) is 4.77. The molecule has 0 aliphatic carbocycles. The zero-order valence-corrected chi connectivity index (χ0v) is 8.38. The number of primary amides is 1. The highest BCUT2D eigenvalue weighted by atomic mass is 32.3. The molecule has 1 rings (SSSR count). The molecule has 0 bridgehead atoms. The van der Waals surface area contributed by atoms with Crippen LogP contribution in [0.2, 0.25) is 0 Å². The highest BCUT2D eigenvalue weighted by Gasteiger charge is 2.32. The lowest BCUT2D eigenvalue weighted by molar-refractivity contribution is -0.135. The van der Waals surface area contributed by atoms with Gasteiger partial charge in [-0.3, -0.25) is 9.59 Å². The van der Waals surface area contributed by atoms with Crippen LogP contribution in [0.25, 0.3) is 0 Å². The molecule has 78 valence electrons. The molecule has 0 saturated carbocycles. The first-order chi connectivity index (χ1) is 6.51. The van der Waals surface area contributed by atoms with E-state index in [1.165, 1.54) is 0 Å². The third-order valence-corrected chi connectivity index (χ3v) is 3.58. The Morgan fingerprint density at radius 3 is 2.07 bits per heavy atom. The molecule has 0 spiro atoms. The third-order valence-electron chi connectivity index (χ3n) is 0.889. The van der Waals surface area contributed by atoms with Crippen LogP contribution in [0.3, 0.4) is 0 Å². The molecule has 14 heavy (non-hydrogen) atoms. The predicted molar refractivity (Wildman–Crippen MR) is 52.6 cm³/mol. The molecule has 1 aliphatic rings. The summed E-state index contributed by atoms with van der Waals surface area (Å²) >= 11 is 2.11. The Balaban J connectivity index is 0.000000500. The minimum Gasteiger partial charge on any atom is -0.480 e. The fraction of sp³-hybridized carbons (Fsp3) is 0.167. The minimum atomic E-state index is -1.04. The molecule has 0 aromatic rings. The highest BCUT2D eigenvalue weighted by molar-refractivity contribution is 8.39. The van der Waals surface area contributed by atoms with Crippen molar-refractivity contribution in [1.29, 1.82) is 0 Å². The summed E-state index contributed by atoms with van der Waals surface area (Å²) in [7, 11) is 0. The number of carboxylic acids is 2. The average Bonchev–Trinajstić information content (AvgIpc) is 1.96. The van der Waals surface area contributed by atoms with Crippen molar-refractivity contribution < 1.29 is 24.6 Å². The standard InChI is InChI=1S/C5H4O4S2.CH3NO/c6-2(7)1-3-10-5(11-3)4(8)9;2-1-3/h1,5H,(H,6,7)(H,8,9);1H,(H2,2,3). The first kappa shape index (κ1) is 12.8. The number of rotatable bonds is 2. The van der Waals surface area contributed by atoms with Crippen LogP contribution in [0, 0.1) is 0 Å². The second kappa shape index (κ2) is 6.33. The molecule has 6 nitrogen and oxygen atoms in total.